The molecule has 7 heteroatoms. The number of carbonyl (C=O) groups is 1. The molecule has 0 bridgehead atoms. The van der Waals surface area contributed by atoms with Crippen LogP contribution in [-0.2, 0) is 11.2 Å². The Morgan fingerprint density at radius 3 is 2.39 bits per heavy atom. The van der Waals surface area contributed by atoms with Gasteiger partial charge in [-0.05, 0) is 17.7 Å². The van der Waals surface area contributed by atoms with E-state index < -0.39 is 24.7 Å². The second-order valence-electron chi connectivity index (χ2n) is 3.66. The first-order valence-electron chi connectivity index (χ1n) is 5.05. The van der Waals surface area contributed by atoms with Crippen LogP contribution >= 0.6 is 11.6 Å². The van der Waals surface area contributed by atoms with Crippen molar-refractivity contribution >= 4 is 17.5 Å². The Labute approximate surface area is 107 Å². The predicted molar refractivity (Wildman–Crippen MR) is 60.2 cm³/mol. The Kier molecular flexibility index (Phi) is 4.98. The second-order valence-corrected chi connectivity index (χ2v) is 4.10. The lowest BCUT2D eigenvalue weighted by atomic mass is 10.1. The van der Waals surface area contributed by atoms with Gasteiger partial charge in [0.2, 0.25) is 5.91 Å². The first-order chi connectivity index (χ1) is 8.29. The summed E-state index contributed by atoms with van der Waals surface area (Å²) < 4.78 is 35.9. The highest BCUT2D eigenvalue weighted by Crippen LogP contribution is 2.19. The molecule has 0 aromatic heterocycles. The molecule has 0 fully saturated rings. The third-order valence-electron chi connectivity index (χ3n) is 2.15. The maximum Gasteiger partial charge on any atom is 0.416 e. The van der Waals surface area contributed by atoms with Crippen molar-refractivity contribution in [1.29, 1.82) is 0 Å². The molecule has 1 amide bonds. The van der Waals surface area contributed by atoms with Crippen LogP contribution in [0.5, 0.6) is 0 Å². The van der Waals surface area contributed by atoms with Gasteiger partial charge in [0, 0.05) is 5.02 Å². The molecule has 0 aliphatic heterocycles. The molecule has 0 aliphatic rings. The number of aliphatic hydroxyl groups is 1. The van der Waals surface area contributed by atoms with E-state index in [0.717, 1.165) is 0 Å². The molecule has 0 saturated heterocycles. The van der Waals surface area contributed by atoms with Gasteiger partial charge in [-0.2, -0.15) is 13.2 Å². The summed E-state index contributed by atoms with van der Waals surface area (Å²) in [5.74, 6) is -0.597. The maximum atomic E-state index is 12.0. The highest BCUT2D eigenvalue weighted by atomic mass is 35.5. The van der Waals surface area contributed by atoms with Crippen molar-refractivity contribution in [2.24, 2.45) is 0 Å². The highest BCUT2D eigenvalue weighted by Gasteiger charge is 2.38. The van der Waals surface area contributed by atoms with E-state index in [9.17, 15) is 18.0 Å². The highest BCUT2D eigenvalue weighted by molar-refractivity contribution is 6.30. The lowest BCUT2D eigenvalue weighted by Crippen LogP contribution is -2.41. The van der Waals surface area contributed by atoms with E-state index in [1.54, 1.807) is 24.3 Å². The molecule has 3 nitrogen and oxygen atoms in total. The van der Waals surface area contributed by atoms with Crippen LogP contribution in [0.4, 0.5) is 13.2 Å². The summed E-state index contributed by atoms with van der Waals surface area (Å²) in [7, 11) is 0. The van der Waals surface area contributed by atoms with Gasteiger partial charge >= 0.3 is 6.18 Å². The fraction of sp³-hybridized carbons (Fsp3) is 0.364. The standard InChI is InChI=1S/C11H11ClF3NO2/c12-8-3-1-7(2-4-8)5-10(18)16-6-9(17)11(13,14)15/h1-4,9,17H,5-6H2,(H,16,18). The molecular formula is C11H11ClF3NO2. The molecule has 1 aromatic carbocycles. The molecule has 18 heavy (non-hydrogen) atoms. The van der Waals surface area contributed by atoms with Crippen molar-refractivity contribution in [2.75, 3.05) is 6.54 Å². The van der Waals surface area contributed by atoms with Crippen molar-refractivity contribution in [3.63, 3.8) is 0 Å². The minimum Gasteiger partial charge on any atom is -0.382 e. The van der Waals surface area contributed by atoms with Gasteiger partial charge in [0.1, 0.15) is 0 Å². The maximum absolute atomic E-state index is 12.0. The van der Waals surface area contributed by atoms with Crippen LogP contribution in [0.3, 0.4) is 0 Å². The lowest BCUT2D eigenvalue weighted by molar-refractivity contribution is -0.201. The van der Waals surface area contributed by atoms with E-state index in [-0.39, 0.29) is 6.42 Å². The Bertz CT molecular complexity index is 406. The predicted octanol–water partition coefficient (Wildman–Crippen LogP) is 1.92. The summed E-state index contributed by atoms with van der Waals surface area (Å²) in [5, 5.41) is 11.2. The van der Waals surface area contributed by atoms with Crippen molar-refractivity contribution in [2.45, 2.75) is 18.7 Å². The molecule has 100 valence electrons. The summed E-state index contributed by atoms with van der Waals surface area (Å²) in [4.78, 5) is 11.3. The third-order valence-corrected chi connectivity index (χ3v) is 2.40. The summed E-state index contributed by atoms with van der Waals surface area (Å²) in [6.07, 6.45) is -7.35. The average molecular weight is 282 g/mol. The quantitative estimate of drug-likeness (QED) is 0.886. The van der Waals surface area contributed by atoms with Crippen LogP contribution in [0.25, 0.3) is 0 Å². The van der Waals surface area contributed by atoms with Gasteiger partial charge in [0.15, 0.2) is 6.10 Å². The van der Waals surface area contributed by atoms with Gasteiger partial charge in [-0.1, -0.05) is 23.7 Å². The normalized spacial score (nSPS) is 13.2. The minimum absolute atomic E-state index is 0.0677. The average Bonchev–Trinajstić information content (AvgIpc) is 2.28. The summed E-state index contributed by atoms with van der Waals surface area (Å²) >= 11 is 5.64. The monoisotopic (exact) mass is 281 g/mol. The summed E-state index contributed by atoms with van der Waals surface area (Å²) in [6, 6.07) is 6.35. The first-order valence-corrected chi connectivity index (χ1v) is 5.43. The SMILES string of the molecule is O=C(Cc1ccc(Cl)cc1)NCC(O)C(F)(F)F. The van der Waals surface area contributed by atoms with Crippen molar-refractivity contribution < 1.29 is 23.1 Å². The Morgan fingerprint density at radius 1 is 1.33 bits per heavy atom. The molecule has 0 heterocycles. The molecule has 1 rings (SSSR count). The lowest BCUT2D eigenvalue weighted by Gasteiger charge is -2.14. The topological polar surface area (TPSA) is 49.3 Å². The van der Waals surface area contributed by atoms with Crippen LogP contribution in [-0.4, -0.2) is 29.8 Å². The number of aliphatic hydroxyl groups excluding tert-OH is 1. The van der Waals surface area contributed by atoms with Crippen LogP contribution in [0.2, 0.25) is 5.02 Å². The van der Waals surface area contributed by atoms with Crippen molar-refractivity contribution in [3.8, 4) is 0 Å². The Hall–Kier alpha value is -1.27. The number of benzene rings is 1. The van der Waals surface area contributed by atoms with E-state index >= 15 is 0 Å². The Balaban J connectivity index is 2.41. The molecule has 0 aliphatic carbocycles. The van der Waals surface area contributed by atoms with Crippen LogP contribution in [0.15, 0.2) is 24.3 Å². The molecule has 1 aromatic rings. The zero-order valence-electron chi connectivity index (χ0n) is 9.17. The Morgan fingerprint density at radius 2 is 1.89 bits per heavy atom. The van der Waals surface area contributed by atoms with Crippen LogP contribution in [0, 0.1) is 0 Å². The zero-order valence-corrected chi connectivity index (χ0v) is 9.92. The van der Waals surface area contributed by atoms with Gasteiger partial charge in [0.05, 0.1) is 13.0 Å². The molecule has 2 N–H and O–H groups in total. The molecule has 0 spiro atoms. The first kappa shape index (κ1) is 14.8. The van der Waals surface area contributed by atoms with E-state index in [1.807, 2.05) is 5.32 Å². The number of amides is 1. The molecule has 0 radical (unpaired) electrons. The minimum atomic E-state index is -4.73. The van der Waals surface area contributed by atoms with Gasteiger partial charge < -0.3 is 10.4 Å². The van der Waals surface area contributed by atoms with Crippen LogP contribution in [0.1, 0.15) is 5.56 Å². The van der Waals surface area contributed by atoms with E-state index in [2.05, 4.69) is 0 Å². The van der Waals surface area contributed by atoms with E-state index in [0.29, 0.717) is 10.6 Å². The molecule has 1 unspecified atom stereocenters. The number of carbonyl (C=O) groups excluding carboxylic acids is 1. The van der Waals surface area contributed by atoms with Crippen molar-refractivity contribution in [1.82, 2.24) is 5.32 Å². The third kappa shape index (κ3) is 4.93. The van der Waals surface area contributed by atoms with Gasteiger partial charge in [-0.15, -0.1) is 0 Å². The number of hydrogen-bond donors (Lipinski definition) is 2. The fourth-order valence-electron chi connectivity index (χ4n) is 1.18. The summed E-state index contributed by atoms with van der Waals surface area (Å²) in [6.45, 7) is -0.851. The number of alkyl halides is 3. The van der Waals surface area contributed by atoms with E-state index in [1.165, 1.54) is 0 Å². The second kappa shape index (κ2) is 6.06. The van der Waals surface area contributed by atoms with E-state index in [4.69, 9.17) is 16.7 Å². The van der Waals surface area contributed by atoms with Crippen LogP contribution < -0.4 is 5.32 Å². The van der Waals surface area contributed by atoms with Gasteiger partial charge in [0.25, 0.3) is 0 Å². The largest absolute Gasteiger partial charge is 0.416 e. The molecular weight excluding hydrogens is 271 g/mol. The van der Waals surface area contributed by atoms with Crippen molar-refractivity contribution in [3.05, 3.63) is 34.9 Å². The number of hydrogen-bond acceptors (Lipinski definition) is 2. The fourth-order valence-corrected chi connectivity index (χ4v) is 1.30. The van der Waals surface area contributed by atoms with Gasteiger partial charge in [-0.3, -0.25) is 4.79 Å². The van der Waals surface area contributed by atoms with Gasteiger partial charge in [-0.25, -0.2) is 0 Å². The number of halogens is 4. The molecule has 1 atom stereocenters. The summed E-state index contributed by atoms with van der Waals surface area (Å²) in [5.41, 5.74) is 0.624. The smallest absolute Gasteiger partial charge is 0.382 e. The number of nitrogens with one attached hydrogen (secondary N) is 1. The number of rotatable bonds is 4. The molecule has 0 saturated carbocycles. The zero-order chi connectivity index (χ0) is 13.8.